The third kappa shape index (κ3) is 2.06. The fourth-order valence-corrected chi connectivity index (χ4v) is 3.63. The van der Waals surface area contributed by atoms with Gasteiger partial charge in [-0.3, -0.25) is 4.79 Å². The van der Waals surface area contributed by atoms with Gasteiger partial charge in [0.2, 0.25) is 0 Å². The van der Waals surface area contributed by atoms with Crippen molar-refractivity contribution in [2.24, 2.45) is 0 Å². The van der Waals surface area contributed by atoms with Gasteiger partial charge in [-0.05, 0) is 17.9 Å². The van der Waals surface area contributed by atoms with Gasteiger partial charge in [-0.2, -0.15) is 4.98 Å². The molecule has 1 aliphatic rings. The Bertz CT molecular complexity index is 822. The predicted molar refractivity (Wildman–Crippen MR) is 79.9 cm³/mol. The van der Waals surface area contributed by atoms with Gasteiger partial charge in [0, 0.05) is 29.8 Å². The molecule has 1 aliphatic carbocycles. The molecule has 0 unspecified atom stereocenters. The summed E-state index contributed by atoms with van der Waals surface area (Å²) in [7, 11) is 0. The first-order chi connectivity index (χ1) is 10.2. The molecule has 0 bridgehead atoms. The molecule has 3 aromatic heterocycles. The van der Waals surface area contributed by atoms with Gasteiger partial charge >= 0.3 is 0 Å². The van der Waals surface area contributed by atoms with Crippen LogP contribution in [0.1, 0.15) is 46.0 Å². The molecular formula is C15H14N4OS. The Hall–Kier alpha value is -2.08. The summed E-state index contributed by atoms with van der Waals surface area (Å²) < 4.78 is 1.63. The highest BCUT2D eigenvalue weighted by atomic mass is 32.1. The van der Waals surface area contributed by atoms with E-state index in [2.05, 4.69) is 26.5 Å². The lowest BCUT2D eigenvalue weighted by atomic mass is 9.86. The first-order valence-electron chi connectivity index (χ1n) is 7.06. The molecule has 4 rings (SSSR count). The summed E-state index contributed by atoms with van der Waals surface area (Å²) in [6, 6.07) is 4.13. The molecule has 0 aromatic carbocycles. The molecule has 6 heteroatoms. The number of ketones is 1. The Kier molecular flexibility index (Phi) is 2.85. The molecule has 5 nitrogen and oxygen atoms in total. The van der Waals surface area contributed by atoms with E-state index in [0.29, 0.717) is 17.8 Å². The Morgan fingerprint density at radius 1 is 1.38 bits per heavy atom. The average molecular weight is 298 g/mol. The highest BCUT2D eigenvalue weighted by molar-refractivity contribution is 7.10. The van der Waals surface area contributed by atoms with Crippen LogP contribution < -0.4 is 0 Å². The summed E-state index contributed by atoms with van der Waals surface area (Å²) in [4.78, 5) is 22.6. The van der Waals surface area contributed by atoms with Crippen LogP contribution in [-0.2, 0) is 12.8 Å². The van der Waals surface area contributed by atoms with Crippen molar-refractivity contribution in [3.8, 4) is 0 Å². The first-order valence-corrected chi connectivity index (χ1v) is 7.94. The summed E-state index contributed by atoms with van der Waals surface area (Å²) in [5, 5.41) is 6.39. The van der Waals surface area contributed by atoms with Crippen LogP contribution >= 0.6 is 11.3 Å². The van der Waals surface area contributed by atoms with Crippen LogP contribution in [0.25, 0.3) is 5.78 Å². The summed E-state index contributed by atoms with van der Waals surface area (Å²) in [5.41, 5.74) is 1.55. The molecule has 0 saturated carbocycles. The zero-order valence-electron chi connectivity index (χ0n) is 11.6. The molecule has 0 spiro atoms. The zero-order chi connectivity index (χ0) is 14.4. The van der Waals surface area contributed by atoms with Crippen molar-refractivity contribution in [2.45, 2.75) is 32.1 Å². The monoisotopic (exact) mass is 298 g/mol. The highest BCUT2D eigenvalue weighted by Gasteiger charge is 2.29. The molecule has 0 fully saturated rings. The summed E-state index contributed by atoms with van der Waals surface area (Å²) in [6.45, 7) is 2.01. The Morgan fingerprint density at radius 3 is 3.05 bits per heavy atom. The van der Waals surface area contributed by atoms with Crippen molar-refractivity contribution in [3.63, 3.8) is 0 Å². The maximum absolute atomic E-state index is 12.4. The van der Waals surface area contributed by atoms with Gasteiger partial charge in [-0.1, -0.05) is 13.0 Å². The van der Waals surface area contributed by atoms with Gasteiger partial charge in [0.05, 0.1) is 11.3 Å². The second kappa shape index (κ2) is 4.73. The van der Waals surface area contributed by atoms with Crippen LogP contribution in [0.15, 0.2) is 23.7 Å². The third-order valence-corrected chi connectivity index (χ3v) is 4.92. The number of hydrogen-bond acceptors (Lipinski definition) is 5. The molecule has 1 atom stereocenters. The van der Waals surface area contributed by atoms with Crippen LogP contribution in [-0.4, -0.2) is 25.4 Å². The molecule has 0 amide bonds. The Morgan fingerprint density at radius 2 is 2.29 bits per heavy atom. The van der Waals surface area contributed by atoms with Crippen LogP contribution in [0.5, 0.6) is 0 Å². The molecule has 3 aromatic rings. The number of thiophene rings is 1. The largest absolute Gasteiger partial charge is 0.294 e. The molecule has 106 valence electrons. The van der Waals surface area contributed by atoms with Crippen molar-refractivity contribution in [2.75, 3.05) is 0 Å². The second-order valence-corrected chi connectivity index (χ2v) is 6.25. The predicted octanol–water partition coefficient (Wildman–Crippen LogP) is 2.66. The minimum atomic E-state index is 0.151. The van der Waals surface area contributed by atoms with Crippen LogP contribution in [0.4, 0.5) is 0 Å². The van der Waals surface area contributed by atoms with E-state index in [1.54, 1.807) is 22.0 Å². The number of carbonyl (C=O) groups is 1. The quantitative estimate of drug-likeness (QED) is 0.730. The van der Waals surface area contributed by atoms with E-state index in [1.807, 2.05) is 13.0 Å². The van der Waals surface area contributed by atoms with Crippen molar-refractivity contribution in [3.05, 3.63) is 45.7 Å². The standard InChI is InChI=1S/C15H14N4OS/c1-2-14-17-15-16-11-6-9(13-4-3-5-21-13)7-12(20)10(11)8-19(15)18-14/h3-5,8-9H,2,6-7H2,1H3/t9-/m1/s1. The van der Waals surface area contributed by atoms with E-state index in [0.717, 1.165) is 24.4 Å². The lowest BCUT2D eigenvalue weighted by Crippen LogP contribution is -2.20. The summed E-state index contributed by atoms with van der Waals surface area (Å²) in [6.07, 6.45) is 3.90. The van der Waals surface area contributed by atoms with Crippen LogP contribution in [0.3, 0.4) is 0 Å². The van der Waals surface area contributed by atoms with Crippen LogP contribution in [0.2, 0.25) is 0 Å². The second-order valence-electron chi connectivity index (χ2n) is 5.27. The average Bonchev–Trinajstić information content (AvgIpc) is 3.14. The minimum absolute atomic E-state index is 0.151. The fraction of sp³-hybridized carbons (Fsp3) is 0.333. The normalized spacial score (nSPS) is 18.1. The number of hydrogen-bond donors (Lipinski definition) is 0. The molecule has 21 heavy (non-hydrogen) atoms. The number of aryl methyl sites for hydroxylation is 1. The lowest BCUT2D eigenvalue weighted by molar-refractivity contribution is 0.0963. The number of nitrogens with zero attached hydrogens (tertiary/aromatic N) is 4. The van der Waals surface area contributed by atoms with E-state index in [1.165, 1.54) is 4.88 Å². The summed E-state index contributed by atoms with van der Waals surface area (Å²) >= 11 is 1.70. The number of carbonyl (C=O) groups excluding carboxylic acids is 1. The lowest BCUT2D eigenvalue weighted by Gasteiger charge is -2.21. The number of rotatable bonds is 2. The SMILES string of the molecule is CCc1nc2nc3c(cn2n1)C(=O)C[C@H](c1cccs1)C3. The molecule has 0 saturated heterocycles. The number of Topliss-reactive ketones (excluding diaryl/α,β-unsaturated/α-hetero) is 1. The van der Waals surface area contributed by atoms with Gasteiger partial charge in [-0.25, -0.2) is 9.50 Å². The Labute approximate surface area is 125 Å². The van der Waals surface area contributed by atoms with E-state index in [-0.39, 0.29) is 11.7 Å². The molecule has 3 heterocycles. The highest BCUT2D eigenvalue weighted by Crippen LogP contribution is 2.34. The molecule has 0 N–H and O–H groups in total. The van der Waals surface area contributed by atoms with Gasteiger partial charge in [0.15, 0.2) is 11.6 Å². The number of fused-ring (bicyclic) bond motifs is 2. The van der Waals surface area contributed by atoms with E-state index in [9.17, 15) is 4.79 Å². The maximum atomic E-state index is 12.4. The van der Waals surface area contributed by atoms with E-state index < -0.39 is 0 Å². The zero-order valence-corrected chi connectivity index (χ0v) is 12.4. The van der Waals surface area contributed by atoms with Crippen molar-refractivity contribution in [1.29, 1.82) is 0 Å². The summed E-state index contributed by atoms with van der Waals surface area (Å²) in [5.74, 6) is 1.74. The van der Waals surface area contributed by atoms with Gasteiger partial charge < -0.3 is 0 Å². The van der Waals surface area contributed by atoms with Crippen molar-refractivity contribution >= 4 is 22.9 Å². The third-order valence-electron chi connectivity index (χ3n) is 3.89. The van der Waals surface area contributed by atoms with Crippen molar-refractivity contribution < 1.29 is 4.79 Å². The first kappa shape index (κ1) is 12.6. The minimum Gasteiger partial charge on any atom is -0.294 e. The fourth-order valence-electron chi connectivity index (χ4n) is 2.80. The molecule has 0 aliphatic heterocycles. The number of aromatic nitrogens is 4. The topological polar surface area (TPSA) is 60.1 Å². The van der Waals surface area contributed by atoms with Gasteiger partial charge in [-0.15, -0.1) is 16.4 Å². The van der Waals surface area contributed by atoms with Gasteiger partial charge in [0.1, 0.15) is 0 Å². The van der Waals surface area contributed by atoms with Crippen molar-refractivity contribution in [1.82, 2.24) is 19.6 Å². The van der Waals surface area contributed by atoms with Gasteiger partial charge in [0.25, 0.3) is 5.78 Å². The Balaban J connectivity index is 1.80. The van der Waals surface area contributed by atoms with E-state index >= 15 is 0 Å². The smallest absolute Gasteiger partial charge is 0.252 e. The van der Waals surface area contributed by atoms with Crippen LogP contribution in [0, 0.1) is 0 Å². The van der Waals surface area contributed by atoms with E-state index in [4.69, 9.17) is 0 Å². The maximum Gasteiger partial charge on any atom is 0.252 e. The molecule has 0 radical (unpaired) electrons. The molecular weight excluding hydrogens is 284 g/mol.